The standard InChI is InChI=1S/C17H16N2O2S/c1-3-19-13-9-5-7-11-15(13)22-17(19)18-16(20)12-8-4-6-10-14(12)21-2/h4-11H,3H2,1-2H3. The minimum absolute atomic E-state index is 0.286. The van der Waals surface area contributed by atoms with Crippen LogP contribution in [0.15, 0.2) is 53.5 Å². The number of fused-ring (bicyclic) bond motifs is 1. The van der Waals surface area contributed by atoms with Crippen LogP contribution >= 0.6 is 11.3 Å². The van der Waals surface area contributed by atoms with Crippen LogP contribution in [-0.2, 0) is 6.54 Å². The third kappa shape index (κ3) is 2.55. The van der Waals surface area contributed by atoms with Crippen LogP contribution in [0.1, 0.15) is 17.3 Å². The van der Waals surface area contributed by atoms with Gasteiger partial charge in [-0.2, -0.15) is 4.99 Å². The molecule has 112 valence electrons. The molecule has 3 aromatic rings. The van der Waals surface area contributed by atoms with E-state index in [1.54, 1.807) is 19.2 Å². The zero-order chi connectivity index (χ0) is 15.5. The molecule has 0 spiro atoms. The number of ether oxygens (including phenoxy) is 1. The molecule has 0 atom stereocenters. The largest absolute Gasteiger partial charge is 0.496 e. The fourth-order valence-electron chi connectivity index (χ4n) is 2.38. The van der Waals surface area contributed by atoms with Crippen LogP contribution in [0.25, 0.3) is 10.2 Å². The quantitative estimate of drug-likeness (QED) is 0.743. The summed E-state index contributed by atoms with van der Waals surface area (Å²) >= 11 is 1.52. The third-order valence-corrected chi connectivity index (χ3v) is 4.50. The molecule has 1 amide bonds. The Bertz CT molecular complexity index is 893. The lowest BCUT2D eigenvalue weighted by Crippen LogP contribution is -2.16. The van der Waals surface area contributed by atoms with Crippen molar-refractivity contribution in [2.24, 2.45) is 4.99 Å². The molecule has 0 aliphatic rings. The van der Waals surface area contributed by atoms with Crippen molar-refractivity contribution in [2.75, 3.05) is 7.11 Å². The van der Waals surface area contributed by atoms with Gasteiger partial charge in [0.1, 0.15) is 5.75 Å². The van der Waals surface area contributed by atoms with Gasteiger partial charge in [0.05, 0.1) is 22.9 Å². The van der Waals surface area contributed by atoms with Gasteiger partial charge in [0.2, 0.25) is 0 Å². The summed E-state index contributed by atoms with van der Waals surface area (Å²) in [6.45, 7) is 2.81. The topological polar surface area (TPSA) is 43.6 Å². The van der Waals surface area contributed by atoms with Gasteiger partial charge < -0.3 is 9.30 Å². The first-order valence-electron chi connectivity index (χ1n) is 7.05. The first kappa shape index (κ1) is 14.5. The lowest BCUT2D eigenvalue weighted by Gasteiger charge is -2.04. The summed E-state index contributed by atoms with van der Waals surface area (Å²) < 4.78 is 8.41. The van der Waals surface area contributed by atoms with Crippen molar-refractivity contribution in [3.63, 3.8) is 0 Å². The molecular weight excluding hydrogens is 296 g/mol. The second-order valence-corrected chi connectivity index (χ2v) is 5.72. The summed E-state index contributed by atoms with van der Waals surface area (Å²) in [5, 5.41) is 0. The Morgan fingerprint density at radius 2 is 1.91 bits per heavy atom. The molecule has 0 bridgehead atoms. The van der Waals surface area contributed by atoms with Crippen LogP contribution < -0.4 is 9.54 Å². The molecule has 0 saturated carbocycles. The predicted molar refractivity (Wildman–Crippen MR) is 88.4 cm³/mol. The van der Waals surface area contributed by atoms with Gasteiger partial charge in [-0.15, -0.1) is 0 Å². The van der Waals surface area contributed by atoms with Gasteiger partial charge in [-0.05, 0) is 31.2 Å². The van der Waals surface area contributed by atoms with E-state index >= 15 is 0 Å². The first-order chi connectivity index (χ1) is 10.7. The lowest BCUT2D eigenvalue weighted by atomic mass is 10.2. The summed E-state index contributed by atoms with van der Waals surface area (Å²) in [7, 11) is 1.55. The Kier molecular flexibility index (Phi) is 4.06. The van der Waals surface area contributed by atoms with Gasteiger partial charge in [-0.1, -0.05) is 35.6 Å². The monoisotopic (exact) mass is 312 g/mol. The minimum Gasteiger partial charge on any atom is -0.496 e. The maximum atomic E-state index is 12.5. The van der Waals surface area contributed by atoms with Crippen molar-refractivity contribution in [3.05, 3.63) is 58.9 Å². The summed E-state index contributed by atoms with van der Waals surface area (Å²) in [4.78, 5) is 17.5. The number of aromatic nitrogens is 1. The Balaban J connectivity index is 2.14. The fraction of sp³-hybridized carbons (Fsp3) is 0.176. The average molecular weight is 312 g/mol. The van der Waals surface area contributed by atoms with Crippen LogP contribution in [0.4, 0.5) is 0 Å². The molecule has 0 radical (unpaired) electrons. The van der Waals surface area contributed by atoms with Gasteiger partial charge in [-0.3, -0.25) is 4.79 Å². The first-order valence-corrected chi connectivity index (χ1v) is 7.86. The molecule has 0 fully saturated rings. The van der Waals surface area contributed by atoms with Crippen LogP contribution in [0.2, 0.25) is 0 Å². The second-order valence-electron chi connectivity index (χ2n) is 4.71. The van der Waals surface area contributed by atoms with Gasteiger partial charge in [0.25, 0.3) is 5.91 Å². The van der Waals surface area contributed by atoms with Gasteiger partial charge in [-0.25, -0.2) is 0 Å². The summed E-state index contributed by atoms with van der Waals surface area (Å²) in [5.74, 6) is 0.256. The number of hydrogen-bond acceptors (Lipinski definition) is 3. The Hall–Kier alpha value is -2.40. The van der Waals surface area contributed by atoms with E-state index in [0.29, 0.717) is 16.1 Å². The molecule has 0 aliphatic carbocycles. The highest BCUT2D eigenvalue weighted by atomic mass is 32.1. The number of aryl methyl sites for hydroxylation is 1. The van der Waals surface area contributed by atoms with Gasteiger partial charge in [0, 0.05) is 6.54 Å². The number of methoxy groups -OCH3 is 1. The van der Waals surface area contributed by atoms with E-state index in [9.17, 15) is 4.79 Å². The maximum absolute atomic E-state index is 12.5. The summed E-state index contributed by atoms with van der Waals surface area (Å²) in [6.07, 6.45) is 0. The molecule has 1 aromatic heterocycles. The number of benzene rings is 2. The van der Waals surface area contributed by atoms with Crippen molar-refractivity contribution in [2.45, 2.75) is 13.5 Å². The lowest BCUT2D eigenvalue weighted by molar-refractivity contribution is 0.0995. The number of hydrogen-bond donors (Lipinski definition) is 0. The fourth-order valence-corrected chi connectivity index (χ4v) is 3.47. The van der Waals surface area contributed by atoms with E-state index in [0.717, 1.165) is 16.8 Å². The van der Waals surface area contributed by atoms with Crippen LogP contribution in [0, 0.1) is 0 Å². The smallest absolute Gasteiger partial charge is 0.283 e. The predicted octanol–water partition coefficient (Wildman–Crippen LogP) is 3.47. The third-order valence-electron chi connectivity index (χ3n) is 3.44. The van der Waals surface area contributed by atoms with Crippen LogP contribution in [0.5, 0.6) is 5.75 Å². The average Bonchev–Trinajstić information content (AvgIpc) is 2.91. The molecule has 0 unspecified atom stereocenters. The molecule has 0 N–H and O–H groups in total. The highest BCUT2D eigenvalue weighted by Gasteiger charge is 2.12. The summed E-state index contributed by atoms with van der Waals surface area (Å²) in [5.41, 5.74) is 1.58. The number of amides is 1. The molecule has 3 rings (SSSR count). The zero-order valence-electron chi connectivity index (χ0n) is 12.4. The highest BCUT2D eigenvalue weighted by molar-refractivity contribution is 7.16. The van der Waals surface area contributed by atoms with Crippen molar-refractivity contribution >= 4 is 27.5 Å². The van der Waals surface area contributed by atoms with E-state index in [-0.39, 0.29) is 5.91 Å². The van der Waals surface area contributed by atoms with E-state index in [4.69, 9.17) is 4.74 Å². The van der Waals surface area contributed by atoms with Gasteiger partial charge >= 0.3 is 0 Å². The number of thiazole rings is 1. The highest BCUT2D eigenvalue weighted by Crippen LogP contribution is 2.19. The van der Waals surface area contributed by atoms with Crippen molar-refractivity contribution in [1.82, 2.24) is 4.57 Å². The molecule has 22 heavy (non-hydrogen) atoms. The molecular formula is C17H16N2O2S. The van der Waals surface area contributed by atoms with E-state index in [2.05, 4.69) is 4.99 Å². The Morgan fingerprint density at radius 1 is 1.18 bits per heavy atom. The normalized spacial score (nSPS) is 11.8. The molecule has 5 heteroatoms. The van der Waals surface area contributed by atoms with Crippen molar-refractivity contribution < 1.29 is 9.53 Å². The van der Waals surface area contributed by atoms with Crippen LogP contribution in [0.3, 0.4) is 0 Å². The van der Waals surface area contributed by atoms with Crippen molar-refractivity contribution in [3.8, 4) is 5.75 Å². The van der Waals surface area contributed by atoms with E-state index in [1.165, 1.54) is 11.3 Å². The second kappa shape index (κ2) is 6.15. The SMILES string of the molecule is CCn1c(=NC(=O)c2ccccc2OC)sc2ccccc21. The van der Waals surface area contributed by atoms with E-state index < -0.39 is 0 Å². The van der Waals surface area contributed by atoms with Crippen molar-refractivity contribution in [1.29, 1.82) is 0 Å². The Morgan fingerprint density at radius 3 is 2.68 bits per heavy atom. The Labute approximate surface area is 132 Å². The molecule has 1 heterocycles. The number of para-hydroxylation sites is 2. The molecule has 0 aliphatic heterocycles. The van der Waals surface area contributed by atoms with Crippen LogP contribution in [-0.4, -0.2) is 17.6 Å². The summed E-state index contributed by atoms with van der Waals surface area (Å²) in [6, 6.07) is 15.2. The number of carbonyl (C=O) groups is 1. The van der Waals surface area contributed by atoms with Gasteiger partial charge in [0.15, 0.2) is 4.80 Å². The molecule has 0 saturated heterocycles. The molecule has 2 aromatic carbocycles. The van der Waals surface area contributed by atoms with E-state index in [1.807, 2.05) is 47.9 Å². The number of nitrogens with zero attached hydrogens (tertiary/aromatic N) is 2. The zero-order valence-corrected chi connectivity index (χ0v) is 13.3. The maximum Gasteiger partial charge on any atom is 0.283 e. The number of rotatable bonds is 3. The molecule has 4 nitrogen and oxygen atoms in total. The number of carbonyl (C=O) groups excluding carboxylic acids is 1. The minimum atomic E-state index is -0.286.